The van der Waals surface area contributed by atoms with Crippen LogP contribution in [0.15, 0.2) is 24.5 Å². The Morgan fingerprint density at radius 3 is 3.00 bits per heavy atom. The first-order valence-electron chi connectivity index (χ1n) is 9.70. The van der Waals surface area contributed by atoms with E-state index in [9.17, 15) is 9.90 Å². The van der Waals surface area contributed by atoms with Crippen LogP contribution in [-0.2, 0) is 11.3 Å². The number of methoxy groups -OCH3 is 1. The first-order valence-corrected chi connectivity index (χ1v) is 9.70. The van der Waals surface area contributed by atoms with Gasteiger partial charge < -0.3 is 20.5 Å². The van der Waals surface area contributed by atoms with E-state index in [-0.39, 0.29) is 18.0 Å². The lowest BCUT2D eigenvalue weighted by atomic mass is 9.83. The molecule has 2 amide bonds. The molecule has 0 unspecified atom stereocenters. The number of rotatable bonds is 7. The lowest BCUT2D eigenvalue weighted by Gasteiger charge is -2.33. The molecular formula is C19H28N6O3. The summed E-state index contributed by atoms with van der Waals surface area (Å²) in [6.45, 7) is 2.92. The third-order valence-corrected chi connectivity index (χ3v) is 4.87. The van der Waals surface area contributed by atoms with Crippen LogP contribution in [0, 0.1) is 0 Å². The van der Waals surface area contributed by atoms with Crippen molar-refractivity contribution in [3.63, 3.8) is 0 Å². The zero-order chi connectivity index (χ0) is 19.9. The summed E-state index contributed by atoms with van der Waals surface area (Å²) >= 11 is 0. The molecule has 2 heterocycles. The highest BCUT2D eigenvalue weighted by atomic mass is 16.5. The van der Waals surface area contributed by atoms with Crippen LogP contribution in [0.3, 0.4) is 0 Å². The molecule has 1 saturated carbocycles. The molecule has 0 bridgehead atoms. The van der Waals surface area contributed by atoms with Crippen LogP contribution in [-0.4, -0.2) is 56.7 Å². The average molecular weight is 388 g/mol. The highest BCUT2D eigenvalue weighted by Gasteiger charge is 2.34. The number of amides is 2. The van der Waals surface area contributed by atoms with E-state index in [0.717, 1.165) is 24.4 Å². The number of nitrogens with zero attached hydrogens (tertiary/aromatic N) is 4. The maximum absolute atomic E-state index is 12.0. The molecule has 3 N–H and O–H groups in total. The van der Waals surface area contributed by atoms with Gasteiger partial charge in [0.1, 0.15) is 12.4 Å². The monoisotopic (exact) mass is 388 g/mol. The van der Waals surface area contributed by atoms with Gasteiger partial charge in [0, 0.05) is 25.8 Å². The summed E-state index contributed by atoms with van der Waals surface area (Å²) in [5, 5.41) is 20.6. The third-order valence-electron chi connectivity index (χ3n) is 4.87. The van der Waals surface area contributed by atoms with Crippen molar-refractivity contribution >= 4 is 6.03 Å². The van der Waals surface area contributed by atoms with E-state index >= 15 is 0 Å². The number of ether oxygens (including phenoxy) is 1. The number of carbonyl (C=O) groups is 1. The van der Waals surface area contributed by atoms with Gasteiger partial charge in [-0.1, -0.05) is 6.92 Å². The number of urea groups is 1. The molecule has 0 saturated heterocycles. The second kappa shape index (κ2) is 9.61. The fourth-order valence-corrected chi connectivity index (χ4v) is 3.49. The Kier molecular flexibility index (Phi) is 6.94. The largest absolute Gasteiger partial charge is 0.391 e. The van der Waals surface area contributed by atoms with Crippen molar-refractivity contribution in [1.82, 2.24) is 30.4 Å². The number of hydrogen-bond donors (Lipinski definition) is 3. The minimum Gasteiger partial charge on any atom is -0.391 e. The third kappa shape index (κ3) is 4.85. The molecule has 2 aromatic heterocycles. The normalized spacial score (nSPS) is 22.0. The van der Waals surface area contributed by atoms with Gasteiger partial charge in [-0.3, -0.25) is 4.98 Å². The van der Waals surface area contributed by atoms with Gasteiger partial charge in [-0.05, 0) is 37.8 Å². The Hall–Kier alpha value is -2.52. The van der Waals surface area contributed by atoms with Crippen molar-refractivity contribution in [3.8, 4) is 5.69 Å². The molecular weight excluding hydrogens is 360 g/mol. The first kappa shape index (κ1) is 20.2. The van der Waals surface area contributed by atoms with E-state index in [0.29, 0.717) is 31.8 Å². The minimum absolute atomic E-state index is 0.0539. The lowest BCUT2D eigenvalue weighted by Crippen LogP contribution is -2.50. The quantitative estimate of drug-likeness (QED) is 0.663. The van der Waals surface area contributed by atoms with E-state index in [1.54, 1.807) is 24.2 Å². The number of nitrogens with one attached hydrogen (secondary N) is 2. The maximum Gasteiger partial charge on any atom is 0.315 e. The number of aliphatic hydroxyl groups is 1. The lowest BCUT2D eigenvalue weighted by molar-refractivity contribution is 0.0853. The summed E-state index contributed by atoms with van der Waals surface area (Å²) < 4.78 is 6.98. The fraction of sp³-hybridized carbons (Fsp3) is 0.579. The Bertz CT molecular complexity index is 766. The van der Waals surface area contributed by atoms with Crippen LogP contribution in [0.25, 0.3) is 5.69 Å². The fourth-order valence-electron chi connectivity index (χ4n) is 3.49. The van der Waals surface area contributed by atoms with E-state index in [2.05, 4.69) is 25.7 Å². The highest BCUT2D eigenvalue weighted by molar-refractivity contribution is 5.74. The number of hydrogen-bond acceptors (Lipinski definition) is 6. The average Bonchev–Trinajstić information content (AvgIpc) is 3.13. The molecule has 3 atom stereocenters. The number of aromatic nitrogens is 4. The zero-order valence-corrected chi connectivity index (χ0v) is 16.3. The smallest absolute Gasteiger partial charge is 0.315 e. The van der Waals surface area contributed by atoms with Crippen molar-refractivity contribution in [2.45, 2.75) is 57.3 Å². The van der Waals surface area contributed by atoms with Crippen LogP contribution in [0.1, 0.15) is 50.2 Å². The predicted molar refractivity (Wildman–Crippen MR) is 103 cm³/mol. The summed E-state index contributed by atoms with van der Waals surface area (Å²) in [6, 6.07) is 3.19. The van der Waals surface area contributed by atoms with Crippen molar-refractivity contribution < 1.29 is 14.6 Å². The van der Waals surface area contributed by atoms with Crippen LogP contribution < -0.4 is 10.6 Å². The summed E-state index contributed by atoms with van der Waals surface area (Å²) in [5.74, 6) is 1.45. The zero-order valence-electron chi connectivity index (χ0n) is 16.3. The van der Waals surface area contributed by atoms with E-state index in [4.69, 9.17) is 4.74 Å². The minimum atomic E-state index is -0.572. The maximum atomic E-state index is 12.0. The Balaban J connectivity index is 1.81. The molecule has 2 aromatic rings. The Morgan fingerprint density at radius 1 is 1.43 bits per heavy atom. The summed E-state index contributed by atoms with van der Waals surface area (Å²) in [7, 11) is 1.61. The van der Waals surface area contributed by atoms with E-state index in [1.807, 2.05) is 19.1 Å². The Morgan fingerprint density at radius 2 is 2.29 bits per heavy atom. The second-order valence-electron chi connectivity index (χ2n) is 7.03. The molecule has 0 aliphatic heterocycles. The van der Waals surface area contributed by atoms with Crippen molar-refractivity contribution in [3.05, 3.63) is 36.2 Å². The molecule has 0 aromatic carbocycles. The Labute approximate surface area is 164 Å². The number of aliphatic hydroxyl groups excluding tert-OH is 1. The van der Waals surface area contributed by atoms with Crippen molar-refractivity contribution in [1.29, 1.82) is 0 Å². The van der Waals surface area contributed by atoms with Gasteiger partial charge in [0.2, 0.25) is 0 Å². The van der Waals surface area contributed by atoms with Gasteiger partial charge in [-0.15, -0.1) is 5.10 Å². The van der Waals surface area contributed by atoms with Gasteiger partial charge in [0.25, 0.3) is 0 Å². The summed E-state index contributed by atoms with van der Waals surface area (Å²) in [6.07, 6.45) is 5.68. The van der Waals surface area contributed by atoms with Crippen molar-refractivity contribution in [2.75, 3.05) is 13.7 Å². The van der Waals surface area contributed by atoms with Gasteiger partial charge in [0.05, 0.1) is 24.0 Å². The standard InChI is InChI=1S/C19H28N6O3/c1-3-8-21-19(27)22-15-10-13(6-7-16(15)26)18-23-17(12-28-2)24-25(18)14-5-4-9-20-11-14/h4-5,9,11,13,15-16,26H,3,6-8,10,12H2,1-2H3,(H2,21,22,27)/t13-,15+,16+/m0/s1. The van der Waals surface area contributed by atoms with Crippen LogP contribution in [0.5, 0.6) is 0 Å². The number of carbonyl (C=O) groups excluding carboxylic acids is 1. The van der Waals surface area contributed by atoms with Gasteiger partial charge in [-0.25, -0.2) is 14.5 Å². The summed E-state index contributed by atoms with van der Waals surface area (Å²) in [5.41, 5.74) is 0.823. The van der Waals surface area contributed by atoms with Crippen molar-refractivity contribution in [2.24, 2.45) is 0 Å². The topological polar surface area (TPSA) is 114 Å². The second-order valence-corrected chi connectivity index (χ2v) is 7.03. The van der Waals surface area contributed by atoms with Crippen LogP contribution in [0.2, 0.25) is 0 Å². The van der Waals surface area contributed by atoms with E-state index in [1.165, 1.54) is 0 Å². The molecule has 152 valence electrons. The molecule has 9 nitrogen and oxygen atoms in total. The molecule has 0 spiro atoms. The number of pyridine rings is 1. The first-order chi connectivity index (χ1) is 13.6. The molecule has 28 heavy (non-hydrogen) atoms. The molecule has 3 rings (SSSR count). The molecule has 1 aliphatic carbocycles. The predicted octanol–water partition coefficient (Wildman–Crippen LogP) is 1.51. The summed E-state index contributed by atoms with van der Waals surface area (Å²) in [4.78, 5) is 20.9. The van der Waals surface area contributed by atoms with Crippen LogP contribution >= 0.6 is 0 Å². The molecule has 1 fully saturated rings. The van der Waals surface area contributed by atoms with Gasteiger partial charge >= 0.3 is 6.03 Å². The molecule has 0 radical (unpaired) electrons. The van der Waals surface area contributed by atoms with Gasteiger partial charge in [0.15, 0.2) is 5.82 Å². The van der Waals surface area contributed by atoms with Crippen LogP contribution in [0.4, 0.5) is 4.79 Å². The highest BCUT2D eigenvalue weighted by Crippen LogP contribution is 2.33. The van der Waals surface area contributed by atoms with E-state index < -0.39 is 6.10 Å². The SMILES string of the molecule is CCCNC(=O)N[C@@H]1C[C@@H](c2nc(COC)nn2-c2cccnc2)CC[C@H]1O. The molecule has 9 heteroatoms. The van der Waals surface area contributed by atoms with Gasteiger partial charge in [-0.2, -0.15) is 0 Å². The molecule has 1 aliphatic rings.